The van der Waals surface area contributed by atoms with E-state index < -0.39 is 9.84 Å². The summed E-state index contributed by atoms with van der Waals surface area (Å²) in [6.45, 7) is 0.941. The zero-order valence-electron chi connectivity index (χ0n) is 10.1. The van der Waals surface area contributed by atoms with E-state index in [1.807, 2.05) is 0 Å². The third-order valence-electron chi connectivity index (χ3n) is 2.24. The molecular formula is C11H16BrNO4S. The fourth-order valence-electron chi connectivity index (χ4n) is 1.30. The number of nitrogens with two attached hydrogens (primary N) is 1. The highest BCUT2D eigenvalue weighted by molar-refractivity contribution is 9.10. The highest BCUT2D eigenvalue weighted by Gasteiger charge is 2.17. The number of anilines is 1. The average molecular weight is 338 g/mol. The predicted octanol–water partition coefficient (Wildman–Crippen LogP) is 1.47. The second-order valence-electron chi connectivity index (χ2n) is 3.61. The Bertz CT molecular complexity index is 490. The third-order valence-corrected chi connectivity index (χ3v) is 4.46. The molecule has 0 fully saturated rings. The molecule has 7 heteroatoms. The van der Waals surface area contributed by atoms with E-state index in [0.717, 1.165) is 0 Å². The number of nitrogen functional groups attached to an aromatic ring is 1. The Morgan fingerprint density at radius 1 is 1.28 bits per heavy atom. The van der Waals surface area contributed by atoms with Gasteiger partial charge in [0.05, 0.1) is 36.2 Å². The molecule has 0 amide bonds. The molecule has 0 saturated carbocycles. The van der Waals surface area contributed by atoms with E-state index >= 15 is 0 Å². The summed E-state index contributed by atoms with van der Waals surface area (Å²) in [6.07, 6.45) is 0. The SMILES string of the molecule is COCCOCCS(=O)(=O)c1cc(Br)ccc1N. The summed E-state index contributed by atoms with van der Waals surface area (Å²) < 4.78 is 34.7. The lowest BCUT2D eigenvalue weighted by atomic mass is 10.3. The Morgan fingerprint density at radius 3 is 2.67 bits per heavy atom. The number of methoxy groups -OCH3 is 1. The van der Waals surface area contributed by atoms with Crippen LogP contribution in [0.5, 0.6) is 0 Å². The van der Waals surface area contributed by atoms with Gasteiger partial charge < -0.3 is 15.2 Å². The molecule has 0 bridgehead atoms. The molecule has 0 radical (unpaired) electrons. The van der Waals surface area contributed by atoms with Gasteiger partial charge in [-0.25, -0.2) is 8.42 Å². The van der Waals surface area contributed by atoms with Crippen LogP contribution in [0.1, 0.15) is 0 Å². The van der Waals surface area contributed by atoms with Crippen LogP contribution in [0, 0.1) is 0 Å². The topological polar surface area (TPSA) is 78.6 Å². The Balaban J connectivity index is 2.66. The Labute approximate surface area is 115 Å². The first-order valence-electron chi connectivity index (χ1n) is 5.32. The smallest absolute Gasteiger partial charge is 0.182 e. The summed E-state index contributed by atoms with van der Waals surface area (Å²) in [7, 11) is -1.86. The van der Waals surface area contributed by atoms with Crippen LogP contribution >= 0.6 is 15.9 Å². The molecule has 0 aliphatic rings. The molecule has 18 heavy (non-hydrogen) atoms. The zero-order chi connectivity index (χ0) is 13.6. The second kappa shape index (κ2) is 7.08. The summed E-state index contributed by atoms with van der Waals surface area (Å²) in [4.78, 5) is 0.132. The molecule has 0 heterocycles. The first kappa shape index (κ1) is 15.4. The normalized spacial score (nSPS) is 11.7. The molecule has 1 aromatic carbocycles. The maximum Gasteiger partial charge on any atom is 0.182 e. The van der Waals surface area contributed by atoms with Crippen LogP contribution in [0.15, 0.2) is 27.6 Å². The van der Waals surface area contributed by atoms with Crippen LogP contribution in [0.3, 0.4) is 0 Å². The molecule has 0 aromatic heterocycles. The van der Waals surface area contributed by atoms with Gasteiger partial charge in [0.15, 0.2) is 9.84 Å². The van der Waals surface area contributed by atoms with Crippen molar-refractivity contribution in [1.82, 2.24) is 0 Å². The molecule has 0 spiro atoms. The zero-order valence-corrected chi connectivity index (χ0v) is 12.5. The van der Waals surface area contributed by atoms with Crippen LogP contribution in [0.2, 0.25) is 0 Å². The van der Waals surface area contributed by atoms with Crippen molar-refractivity contribution < 1.29 is 17.9 Å². The Hall–Kier alpha value is -0.630. The maximum absolute atomic E-state index is 12.0. The van der Waals surface area contributed by atoms with Crippen LogP contribution in [-0.4, -0.2) is 41.1 Å². The molecule has 1 rings (SSSR count). The third kappa shape index (κ3) is 4.56. The quantitative estimate of drug-likeness (QED) is 0.602. The van der Waals surface area contributed by atoms with E-state index in [1.165, 1.54) is 6.07 Å². The maximum atomic E-state index is 12.0. The number of halogens is 1. The van der Waals surface area contributed by atoms with Crippen molar-refractivity contribution in [2.24, 2.45) is 0 Å². The van der Waals surface area contributed by atoms with Crippen molar-refractivity contribution >= 4 is 31.5 Å². The first-order valence-corrected chi connectivity index (χ1v) is 7.76. The van der Waals surface area contributed by atoms with Gasteiger partial charge in [0.25, 0.3) is 0 Å². The standard InChI is InChI=1S/C11H16BrNO4S/c1-16-4-5-17-6-7-18(14,15)11-8-9(12)2-3-10(11)13/h2-3,8H,4-7,13H2,1H3. The molecule has 102 valence electrons. The summed E-state index contributed by atoms with van der Waals surface area (Å²) >= 11 is 3.22. The number of sulfone groups is 1. The van der Waals surface area contributed by atoms with Gasteiger partial charge >= 0.3 is 0 Å². The molecule has 1 aromatic rings. The van der Waals surface area contributed by atoms with Gasteiger partial charge in [0.2, 0.25) is 0 Å². The lowest BCUT2D eigenvalue weighted by Crippen LogP contribution is -2.15. The molecule has 2 N–H and O–H groups in total. The fourth-order valence-corrected chi connectivity index (χ4v) is 3.10. The van der Waals surface area contributed by atoms with Gasteiger partial charge in [-0.2, -0.15) is 0 Å². The minimum absolute atomic E-state index is 0.0998. The van der Waals surface area contributed by atoms with E-state index in [9.17, 15) is 8.42 Å². The highest BCUT2D eigenvalue weighted by atomic mass is 79.9. The number of rotatable bonds is 7. The van der Waals surface area contributed by atoms with Gasteiger partial charge in [0.1, 0.15) is 0 Å². The molecule has 0 aliphatic carbocycles. The molecule has 0 atom stereocenters. The van der Waals surface area contributed by atoms with Crippen LogP contribution in [0.25, 0.3) is 0 Å². The lowest BCUT2D eigenvalue weighted by Gasteiger charge is -2.08. The van der Waals surface area contributed by atoms with Gasteiger partial charge in [0, 0.05) is 11.6 Å². The van der Waals surface area contributed by atoms with Crippen molar-refractivity contribution in [1.29, 1.82) is 0 Å². The van der Waals surface area contributed by atoms with Crippen molar-refractivity contribution in [3.8, 4) is 0 Å². The van der Waals surface area contributed by atoms with Crippen molar-refractivity contribution in [3.63, 3.8) is 0 Å². The Kier molecular flexibility index (Phi) is 6.07. The molecule has 5 nitrogen and oxygen atoms in total. The molecule has 0 unspecified atom stereocenters. The summed E-state index contributed by atoms with van der Waals surface area (Å²) in [5, 5.41) is 0. The van der Waals surface area contributed by atoms with Gasteiger partial charge in [-0.3, -0.25) is 0 Å². The van der Waals surface area contributed by atoms with Crippen molar-refractivity contribution in [3.05, 3.63) is 22.7 Å². The molecule has 0 aliphatic heterocycles. The summed E-state index contributed by atoms with van der Waals surface area (Å²) in [6, 6.07) is 4.76. The molecular weight excluding hydrogens is 322 g/mol. The van der Waals surface area contributed by atoms with Crippen molar-refractivity contribution in [2.45, 2.75) is 4.90 Å². The van der Waals surface area contributed by atoms with Gasteiger partial charge in [-0.15, -0.1) is 0 Å². The Morgan fingerprint density at radius 2 is 2.00 bits per heavy atom. The second-order valence-corrected chi connectivity index (χ2v) is 6.60. The number of hydrogen-bond donors (Lipinski definition) is 1. The van der Waals surface area contributed by atoms with E-state index in [-0.39, 0.29) is 22.9 Å². The van der Waals surface area contributed by atoms with Crippen LogP contribution in [0.4, 0.5) is 5.69 Å². The number of hydrogen-bond acceptors (Lipinski definition) is 5. The van der Waals surface area contributed by atoms with Gasteiger partial charge in [-0.05, 0) is 18.2 Å². The van der Waals surface area contributed by atoms with Crippen LogP contribution < -0.4 is 5.73 Å². The monoisotopic (exact) mass is 337 g/mol. The van der Waals surface area contributed by atoms with E-state index in [0.29, 0.717) is 17.7 Å². The van der Waals surface area contributed by atoms with E-state index in [2.05, 4.69) is 15.9 Å². The number of ether oxygens (including phenoxy) is 2. The highest BCUT2D eigenvalue weighted by Crippen LogP contribution is 2.23. The summed E-state index contributed by atoms with van der Waals surface area (Å²) in [5.41, 5.74) is 5.91. The largest absolute Gasteiger partial charge is 0.398 e. The minimum Gasteiger partial charge on any atom is -0.398 e. The lowest BCUT2D eigenvalue weighted by molar-refractivity contribution is 0.0785. The number of benzene rings is 1. The van der Waals surface area contributed by atoms with Crippen molar-refractivity contribution in [2.75, 3.05) is 38.4 Å². The minimum atomic E-state index is -3.42. The fraction of sp³-hybridized carbons (Fsp3) is 0.455. The molecule has 0 saturated heterocycles. The van der Waals surface area contributed by atoms with E-state index in [4.69, 9.17) is 15.2 Å². The predicted molar refractivity (Wildman–Crippen MR) is 73.3 cm³/mol. The average Bonchev–Trinajstić information content (AvgIpc) is 2.32. The van der Waals surface area contributed by atoms with Gasteiger partial charge in [-0.1, -0.05) is 15.9 Å². The first-order chi connectivity index (χ1) is 8.47. The summed E-state index contributed by atoms with van der Waals surface area (Å²) in [5.74, 6) is -0.0998. The van der Waals surface area contributed by atoms with E-state index in [1.54, 1.807) is 19.2 Å². The van der Waals surface area contributed by atoms with Crippen LogP contribution in [-0.2, 0) is 19.3 Å².